The molecule has 39 heavy (non-hydrogen) atoms. The Bertz CT molecular complexity index is 1270. The molecule has 0 bridgehead atoms. The molecule has 3 rings (SSSR count). The van der Waals surface area contributed by atoms with Crippen molar-refractivity contribution < 1.29 is 27.5 Å². The van der Waals surface area contributed by atoms with E-state index in [0.29, 0.717) is 31.1 Å². The standard InChI is InChI=1S/C27H38N4O6S2/c1-5-8-15-31(16-9-6-2)39(35,36)20-12-10-19(11-13-20)24(32)28-26-23(25(33)29-27(34)37-7-3)21-14-17-30(4)18-22(21)38-26/h10-13H,5-9,14-18H2,1-4H3,(H,28,32)(H,29,33,34). The van der Waals surface area contributed by atoms with Crippen LogP contribution in [0.1, 0.15) is 77.6 Å². The molecule has 3 amide bonds. The van der Waals surface area contributed by atoms with Crippen molar-refractivity contribution in [3.63, 3.8) is 0 Å². The zero-order valence-corrected chi connectivity index (χ0v) is 24.7. The van der Waals surface area contributed by atoms with Gasteiger partial charge in [0.15, 0.2) is 0 Å². The van der Waals surface area contributed by atoms with Crippen LogP contribution in [0.5, 0.6) is 0 Å². The van der Waals surface area contributed by atoms with Crippen molar-refractivity contribution in [3.8, 4) is 0 Å². The molecule has 2 aromatic rings. The number of likely N-dealkylation sites (N-methyl/N-ethyl adjacent to an activating group) is 1. The number of nitrogens with zero attached hydrogens (tertiary/aromatic N) is 2. The lowest BCUT2D eigenvalue weighted by Gasteiger charge is -2.22. The number of carbonyl (C=O) groups is 3. The Morgan fingerprint density at radius 2 is 1.67 bits per heavy atom. The Hall–Kier alpha value is -2.80. The lowest BCUT2D eigenvalue weighted by molar-refractivity contribution is 0.0924. The van der Waals surface area contributed by atoms with E-state index in [1.807, 2.05) is 20.9 Å². The first-order valence-electron chi connectivity index (χ1n) is 13.3. The normalized spacial score (nSPS) is 13.7. The number of sulfonamides is 1. The summed E-state index contributed by atoms with van der Waals surface area (Å²) >= 11 is 1.29. The van der Waals surface area contributed by atoms with E-state index in [1.54, 1.807) is 6.92 Å². The minimum atomic E-state index is -3.69. The number of fused-ring (bicyclic) bond motifs is 1. The van der Waals surface area contributed by atoms with E-state index in [0.717, 1.165) is 42.7 Å². The molecule has 0 fully saturated rings. The smallest absolute Gasteiger partial charge is 0.414 e. The highest BCUT2D eigenvalue weighted by molar-refractivity contribution is 7.89. The van der Waals surface area contributed by atoms with Gasteiger partial charge in [-0.05, 0) is 63.1 Å². The molecule has 0 spiro atoms. The Morgan fingerprint density at radius 1 is 1.03 bits per heavy atom. The van der Waals surface area contributed by atoms with Gasteiger partial charge in [0.05, 0.1) is 17.1 Å². The molecule has 1 aliphatic heterocycles. The van der Waals surface area contributed by atoms with Gasteiger partial charge in [-0.3, -0.25) is 14.9 Å². The minimum Gasteiger partial charge on any atom is -0.450 e. The number of ether oxygens (including phenoxy) is 1. The second-order valence-electron chi connectivity index (χ2n) is 9.46. The molecule has 1 aliphatic rings. The number of amides is 3. The number of benzene rings is 1. The summed E-state index contributed by atoms with van der Waals surface area (Å²) in [6.07, 6.45) is 3.07. The summed E-state index contributed by atoms with van der Waals surface area (Å²) in [5.74, 6) is -1.11. The number of alkyl carbamates (subject to hydrolysis) is 1. The molecule has 0 atom stereocenters. The fraction of sp³-hybridized carbons (Fsp3) is 0.519. The second-order valence-corrected chi connectivity index (χ2v) is 12.5. The summed E-state index contributed by atoms with van der Waals surface area (Å²) in [6, 6.07) is 5.83. The average molecular weight is 579 g/mol. The van der Waals surface area contributed by atoms with Gasteiger partial charge >= 0.3 is 6.09 Å². The van der Waals surface area contributed by atoms with Crippen molar-refractivity contribution in [3.05, 3.63) is 45.8 Å². The number of imide groups is 1. The quantitative estimate of drug-likeness (QED) is 0.381. The van der Waals surface area contributed by atoms with Crippen molar-refractivity contribution in [1.82, 2.24) is 14.5 Å². The predicted octanol–water partition coefficient (Wildman–Crippen LogP) is 4.47. The summed E-state index contributed by atoms with van der Waals surface area (Å²) in [4.78, 5) is 41.3. The van der Waals surface area contributed by atoms with Gasteiger partial charge < -0.3 is 15.0 Å². The fourth-order valence-electron chi connectivity index (χ4n) is 4.31. The van der Waals surface area contributed by atoms with Gasteiger partial charge in [-0.25, -0.2) is 13.2 Å². The van der Waals surface area contributed by atoms with Crippen LogP contribution in [0.25, 0.3) is 0 Å². The van der Waals surface area contributed by atoms with Crippen LogP contribution >= 0.6 is 11.3 Å². The molecule has 0 saturated heterocycles. The predicted molar refractivity (Wildman–Crippen MR) is 152 cm³/mol. The molecule has 12 heteroatoms. The molecule has 0 saturated carbocycles. The maximum atomic E-state index is 13.3. The Balaban J connectivity index is 1.83. The first-order valence-corrected chi connectivity index (χ1v) is 15.6. The van der Waals surface area contributed by atoms with Crippen molar-refractivity contribution >= 4 is 44.3 Å². The topological polar surface area (TPSA) is 125 Å². The van der Waals surface area contributed by atoms with Crippen LogP contribution in [-0.2, 0) is 27.7 Å². The van der Waals surface area contributed by atoms with E-state index in [4.69, 9.17) is 4.74 Å². The zero-order valence-electron chi connectivity index (χ0n) is 23.0. The van der Waals surface area contributed by atoms with Gasteiger partial charge in [0, 0.05) is 36.6 Å². The van der Waals surface area contributed by atoms with E-state index in [1.165, 1.54) is 39.9 Å². The SMILES string of the molecule is CCCCN(CCCC)S(=O)(=O)c1ccc(C(=O)Nc2sc3c(c2C(=O)NC(=O)OCC)CCN(C)C3)cc1. The molecule has 0 radical (unpaired) electrons. The first-order chi connectivity index (χ1) is 18.6. The zero-order chi connectivity index (χ0) is 28.6. The third kappa shape index (κ3) is 7.65. The molecule has 0 aliphatic carbocycles. The Morgan fingerprint density at radius 3 is 2.26 bits per heavy atom. The van der Waals surface area contributed by atoms with Crippen LogP contribution in [-0.4, -0.2) is 68.8 Å². The fourth-order valence-corrected chi connectivity index (χ4v) is 7.14. The van der Waals surface area contributed by atoms with E-state index in [9.17, 15) is 22.8 Å². The molecule has 1 aromatic carbocycles. The summed E-state index contributed by atoms with van der Waals surface area (Å²) in [7, 11) is -1.71. The van der Waals surface area contributed by atoms with E-state index >= 15 is 0 Å². The minimum absolute atomic E-state index is 0.121. The molecule has 2 N–H and O–H groups in total. The van der Waals surface area contributed by atoms with Gasteiger partial charge in [-0.1, -0.05) is 26.7 Å². The highest BCUT2D eigenvalue weighted by atomic mass is 32.2. The van der Waals surface area contributed by atoms with Crippen LogP contribution < -0.4 is 10.6 Å². The summed E-state index contributed by atoms with van der Waals surface area (Å²) in [6.45, 7) is 8.07. The van der Waals surface area contributed by atoms with Gasteiger partial charge in [-0.15, -0.1) is 11.3 Å². The largest absolute Gasteiger partial charge is 0.450 e. The molecule has 1 aromatic heterocycles. The number of nitrogens with one attached hydrogen (secondary N) is 2. The highest BCUT2D eigenvalue weighted by Crippen LogP contribution is 2.37. The highest BCUT2D eigenvalue weighted by Gasteiger charge is 2.29. The maximum absolute atomic E-state index is 13.3. The van der Waals surface area contributed by atoms with Crippen LogP contribution in [0, 0.1) is 0 Å². The summed E-state index contributed by atoms with van der Waals surface area (Å²) in [5, 5.41) is 5.38. The van der Waals surface area contributed by atoms with Crippen LogP contribution in [0.2, 0.25) is 0 Å². The van der Waals surface area contributed by atoms with Crippen LogP contribution in [0.15, 0.2) is 29.2 Å². The van der Waals surface area contributed by atoms with Crippen molar-refractivity contribution in [1.29, 1.82) is 0 Å². The summed E-state index contributed by atoms with van der Waals surface area (Å²) in [5.41, 5.74) is 1.31. The van der Waals surface area contributed by atoms with Crippen LogP contribution in [0.4, 0.5) is 9.80 Å². The Labute approximate surface area is 234 Å². The molecule has 214 valence electrons. The van der Waals surface area contributed by atoms with Gasteiger partial charge in [0.25, 0.3) is 11.8 Å². The van der Waals surface area contributed by atoms with Gasteiger partial charge in [0.1, 0.15) is 5.00 Å². The lowest BCUT2D eigenvalue weighted by atomic mass is 10.0. The molecular weight excluding hydrogens is 540 g/mol. The van der Waals surface area contributed by atoms with Crippen LogP contribution in [0.3, 0.4) is 0 Å². The summed E-state index contributed by atoms with van der Waals surface area (Å²) < 4.78 is 32.9. The monoisotopic (exact) mass is 578 g/mol. The van der Waals surface area contributed by atoms with E-state index < -0.39 is 27.9 Å². The number of anilines is 1. The molecule has 0 unspecified atom stereocenters. The number of hydrogen-bond acceptors (Lipinski definition) is 8. The number of carbonyl (C=O) groups excluding carboxylic acids is 3. The molecule has 10 nitrogen and oxygen atoms in total. The number of unbranched alkanes of at least 4 members (excludes halogenated alkanes) is 2. The number of thiophene rings is 1. The lowest BCUT2D eigenvalue weighted by Crippen LogP contribution is -2.33. The van der Waals surface area contributed by atoms with Crippen molar-refractivity contribution in [2.75, 3.05) is 38.6 Å². The Kier molecular flexibility index (Phi) is 11.0. The van der Waals surface area contributed by atoms with Crippen molar-refractivity contribution in [2.24, 2.45) is 0 Å². The van der Waals surface area contributed by atoms with E-state index in [-0.39, 0.29) is 22.6 Å². The first kappa shape index (κ1) is 30.7. The number of hydrogen-bond donors (Lipinski definition) is 2. The molecular formula is C27H38N4O6S2. The maximum Gasteiger partial charge on any atom is 0.414 e. The third-order valence-corrected chi connectivity index (χ3v) is 9.51. The third-order valence-electron chi connectivity index (χ3n) is 6.47. The second kappa shape index (κ2) is 14.0. The van der Waals surface area contributed by atoms with Gasteiger partial charge in [-0.2, -0.15) is 4.31 Å². The average Bonchev–Trinajstić information content (AvgIpc) is 3.25. The number of rotatable bonds is 12. The van der Waals surface area contributed by atoms with E-state index in [2.05, 4.69) is 15.5 Å². The van der Waals surface area contributed by atoms with Crippen molar-refractivity contribution in [2.45, 2.75) is 64.3 Å². The molecule has 2 heterocycles. The van der Waals surface area contributed by atoms with Gasteiger partial charge in [0.2, 0.25) is 10.0 Å².